The SMILES string of the molecule is O=C(O)[C@H]1C[C@H]1C(=O)Nc1cnoc1. The van der Waals surface area contributed by atoms with E-state index in [1.54, 1.807) is 0 Å². The summed E-state index contributed by atoms with van der Waals surface area (Å²) in [6, 6.07) is 0. The summed E-state index contributed by atoms with van der Waals surface area (Å²) >= 11 is 0. The lowest BCUT2D eigenvalue weighted by atomic mass is 10.3. The Hall–Kier alpha value is -1.85. The summed E-state index contributed by atoms with van der Waals surface area (Å²) in [5.41, 5.74) is 0.450. The molecule has 2 rings (SSSR count). The van der Waals surface area contributed by atoms with E-state index in [2.05, 4.69) is 15.0 Å². The van der Waals surface area contributed by atoms with E-state index >= 15 is 0 Å². The number of nitrogens with zero attached hydrogens (tertiary/aromatic N) is 1. The Balaban J connectivity index is 1.90. The van der Waals surface area contributed by atoms with E-state index in [1.165, 1.54) is 12.5 Å². The van der Waals surface area contributed by atoms with Crippen molar-refractivity contribution in [1.29, 1.82) is 0 Å². The average Bonchev–Trinajstić information content (AvgIpc) is 2.80. The first-order chi connectivity index (χ1) is 6.68. The molecule has 1 aliphatic rings. The van der Waals surface area contributed by atoms with Crippen LogP contribution in [0.15, 0.2) is 17.0 Å². The number of carboxylic acid groups (broad SMARTS) is 1. The fraction of sp³-hybridized carbons (Fsp3) is 0.375. The molecule has 1 aromatic heterocycles. The lowest BCUT2D eigenvalue weighted by Crippen LogP contribution is -2.16. The lowest BCUT2D eigenvalue weighted by molar-refractivity contribution is -0.139. The molecule has 14 heavy (non-hydrogen) atoms. The summed E-state index contributed by atoms with van der Waals surface area (Å²) in [5, 5.41) is 14.5. The molecular formula is C8H8N2O4. The first-order valence-corrected chi connectivity index (χ1v) is 4.11. The monoisotopic (exact) mass is 196 g/mol. The fourth-order valence-corrected chi connectivity index (χ4v) is 1.26. The molecule has 1 amide bonds. The van der Waals surface area contributed by atoms with Gasteiger partial charge >= 0.3 is 5.97 Å². The second-order valence-corrected chi connectivity index (χ2v) is 3.19. The zero-order chi connectivity index (χ0) is 10.1. The van der Waals surface area contributed by atoms with Crippen LogP contribution in [0.1, 0.15) is 6.42 Å². The van der Waals surface area contributed by atoms with Crippen LogP contribution in [0.25, 0.3) is 0 Å². The molecule has 1 saturated carbocycles. The van der Waals surface area contributed by atoms with Crippen molar-refractivity contribution in [3.8, 4) is 0 Å². The summed E-state index contributed by atoms with van der Waals surface area (Å²) in [7, 11) is 0. The molecule has 6 heteroatoms. The molecule has 0 radical (unpaired) electrons. The minimum Gasteiger partial charge on any atom is -0.481 e. The first-order valence-electron chi connectivity index (χ1n) is 4.11. The number of aliphatic carboxylic acids is 1. The van der Waals surface area contributed by atoms with Gasteiger partial charge in [0.2, 0.25) is 5.91 Å². The number of nitrogens with one attached hydrogen (secondary N) is 1. The van der Waals surface area contributed by atoms with Gasteiger partial charge in [-0.3, -0.25) is 9.59 Å². The van der Waals surface area contributed by atoms with Crippen LogP contribution in [0.2, 0.25) is 0 Å². The van der Waals surface area contributed by atoms with E-state index in [0.717, 1.165) is 0 Å². The molecule has 6 nitrogen and oxygen atoms in total. The van der Waals surface area contributed by atoms with E-state index in [4.69, 9.17) is 5.11 Å². The van der Waals surface area contributed by atoms with Gasteiger partial charge in [-0.05, 0) is 6.42 Å². The van der Waals surface area contributed by atoms with Gasteiger partial charge in [0.15, 0.2) is 0 Å². The number of carbonyl (C=O) groups excluding carboxylic acids is 1. The van der Waals surface area contributed by atoms with Gasteiger partial charge in [-0.15, -0.1) is 0 Å². The van der Waals surface area contributed by atoms with Crippen LogP contribution in [0.3, 0.4) is 0 Å². The Morgan fingerprint density at radius 1 is 1.57 bits per heavy atom. The van der Waals surface area contributed by atoms with E-state index in [-0.39, 0.29) is 5.91 Å². The third kappa shape index (κ3) is 1.59. The van der Waals surface area contributed by atoms with Crippen molar-refractivity contribution in [2.24, 2.45) is 11.8 Å². The molecular weight excluding hydrogens is 188 g/mol. The molecule has 0 spiro atoms. The zero-order valence-electron chi connectivity index (χ0n) is 7.14. The van der Waals surface area contributed by atoms with E-state index < -0.39 is 17.8 Å². The van der Waals surface area contributed by atoms with Crippen LogP contribution in [0.4, 0.5) is 5.69 Å². The van der Waals surface area contributed by atoms with Crippen LogP contribution in [-0.4, -0.2) is 22.1 Å². The van der Waals surface area contributed by atoms with Crippen molar-refractivity contribution in [1.82, 2.24) is 5.16 Å². The first kappa shape index (κ1) is 8.74. The summed E-state index contributed by atoms with van der Waals surface area (Å²) in [5.74, 6) is -2.16. The molecule has 1 aliphatic carbocycles. The Kier molecular flexibility index (Phi) is 1.95. The quantitative estimate of drug-likeness (QED) is 0.726. The maximum atomic E-state index is 11.3. The molecule has 1 aromatic rings. The normalized spacial score (nSPS) is 24.3. The molecule has 0 bridgehead atoms. The molecule has 0 saturated heterocycles. The largest absolute Gasteiger partial charge is 0.481 e. The summed E-state index contributed by atoms with van der Waals surface area (Å²) in [6.45, 7) is 0. The van der Waals surface area contributed by atoms with Gasteiger partial charge in [0, 0.05) is 0 Å². The maximum Gasteiger partial charge on any atom is 0.307 e. The predicted octanol–water partition coefficient (Wildman–Crippen LogP) is 0.334. The second kappa shape index (κ2) is 3.13. The minimum absolute atomic E-state index is 0.291. The maximum absolute atomic E-state index is 11.3. The van der Waals surface area contributed by atoms with Gasteiger partial charge in [0.05, 0.1) is 18.0 Å². The van der Waals surface area contributed by atoms with Gasteiger partial charge in [-0.2, -0.15) is 0 Å². The molecule has 2 N–H and O–H groups in total. The number of carbonyl (C=O) groups is 2. The number of amides is 1. The van der Waals surface area contributed by atoms with Crippen molar-refractivity contribution in [3.05, 3.63) is 12.5 Å². The molecule has 0 unspecified atom stereocenters. The van der Waals surface area contributed by atoms with E-state index in [1.807, 2.05) is 0 Å². The Morgan fingerprint density at radius 3 is 2.86 bits per heavy atom. The number of rotatable bonds is 3. The molecule has 74 valence electrons. The Morgan fingerprint density at radius 2 is 2.36 bits per heavy atom. The van der Waals surface area contributed by atoms with Gasteiger partial charge < -0.3 is 14.9 Å². The average molecular weight is 196 g/mol. The van der Waals surface area contributed by atoms with Crippen molar-refractivity contribution in [2.45, 2.75) is 6.42 Å². The standard InChI is InChI=1S/C8H8N2O4/c11-7(5-1-6(5)8(12)13)10-4-2-9-14-3-4/h2-3,5-6H,1H2,(H,10,11)(H,12,13)/t5-,6+/m1/s1. The number of hydrogen-bond donors (Lipinski definition) is 2. The van der Waals surface area contributed by atoms with Crippen LogP contribution in [-0.2, 0) is 9.59 Å². The highest BCUT2D eigenvalue weighted by molar-refractivity contribution is 5.97. The van der Waals surface area contributed by atoms with Crippen molar-refractivity contribution >= 4 is 17.6 Å². The highest BCUT2D eigenvalue weighted by atomic mass is 16.5. The molecule has 0 aliphatic heterocycles. The minimum atomic E-state index is -0.921. The summed E-state index contributed by atoms with van der Waals surface area (Å²) in [6.07, 6.45) is 3.05. The highest BCUT2D eigenvalue weighted by Crippen LogP contribution is 2.39. The number of carboxylic acids is 1. The van der Waals surface area contributed by atoms with Gasteiger partial charge in [0.25, 0.3) is 0 Å². The Labute approximate surface area is 78.9 Å². The molecule has 1 fully saturated rings. The third-order valence-corrected chi connectivity index (χ3v) is 2.14. The second-order valence-electron chi connectivity index (χ2n) is 3.19. The van der Waals surface area contributed by atoms with Crippen LogP contribution >= 0.6 is 0 Å². The van der Waals surface area contributed by atoms with Gasteiger partial charge in [0.1, 0.15) is 12.0 Å². The van der Waals surface area contributed by atoms with Gasteiger partial charge in [-0.1, -0.05) is 5.16 Å². The molecule has 0 aromatic carbocycles. The summed E-state index contributed by atoms with van der Waals surface area (Å²) in [4.78, 5) is 21.8. The summed E-state index contributed by atoms with van der Waals surface area (Å²) < 4.78 is 4.51. The molecule has 2 atom stereocenters. The highest BCUT2D eigenvalue weighted by Gasteiger charge is 2.48. The third-order valence-electron chi connectivity index (χ3n) is 2.14. The Bertz CT molecular complexity index is 359. The fourth-order valence-electron chi connectivity index (χ4n) is 1.26. The van der Waals surface area contributed by atoms with Crippen molar-refractivity contribution in [2.75, 3.05) is 5.32 Å². The van der Waals surface area contributed by atoms with Crippen molar-refractivity contribution in [3.63, 3.8) is 0 Å². The number of hydrogen-bond acceptors (Lipinski definition) is 4. The van der Waals surface area contributed by atoms with Gasteiger partial charge in [-0.25, -0.2) is 0 Å². The zero-order valence-corrected chi connectivity index (χ0v) is 7.14. The van der Waals surface area contributed by atoms with Crippen LogP contribution < -0.4 is 5.32 Å². The lowest BCUT2D eigenvalue weighted by Gasteiger charge is -1.98. The number of aromatic nitrogens is 1. The predicted molar refractivity (Wildman–Crippen MR) is 44.4 cm³/mol. The smallest absolute Gasteiger partial charge is 0.307 e. The topological polar surface area (TPSA) is 92.4 Å². The number of anilines is 1. The van der Waals surface area contributed by atoms with E-state index in [9.17, 15) is 9.59 Å². The van der Waals surface area contributed by atoms with Crippen LogP contribution in [0, 0.1) is 11.8 Å². The molecule has 1 heterocycles. The van der Waals surface area contributed by atoms with Crippen LogP contribution in [0.5, 0.6) is 0 Å². The van der Waals surface area contributed by atoms with Crippen molar-refractivity contribution < 1.29 is 19.2 Å². The van der Waals surface area contributed by atoms with E-state index in [0.29, 0.717) is 12.1 Å².